The number of amides is 1. The van der Waals surface area contributed by atoms with Crippen LogP contribution in [0.25, 0.3) is 0 Å². The minimum Gasteiger partial charge on any atom is -0.369 e. The number of sulfone groups is 1. The zero-order valence-corrected chi connectivity index (χ0v) is 15.2. The normalized spacial score (nSPS) is 26.6. The molecule has 2 heterocycles. The molecule has 3 rings (SSSR count). The highest BCUT2D eigenvalue weighted by Gasteiger charge is 2.39. The van der Waals surface area contributed by atoms with Crippen LogP contribution in [0.1, 0.15) is 13.3 Å². The van der Waals surface area contributed by atoms with E-state index in [1.807, 2.05) is 0 Å². The fraction of sp³-hybridized carbons (Fsp3) is 0.588. The molecule has 1 amide bonds. The van der Waals surface area contributed by atoms with Gasteiger partial charge in [0.15, 0.2) is 9.84 Å². The van der Waals surface area contributed by atoms with Gasteiger partial charge in [-0.1, -0.05) is 0 Å². The fourth-order valence-electron chi connectivity index (χ4n) is 3.50. The molecule has 8 heteroatoms. The Labute approximate surface area is 147 Å². The molecular formula is C17H24FN3O3S. The molecular weight excluding hydrogens is 345 g/mol. The van der Waals surface area contributed by atoms with Crippen molar-refractivity contribution < 1.29 is 17.6 Å². The third kappa shape index (κ3) is 4.70. The Bertz CT molecular complexity index is 730. The molecule has 2 fully saturated rings. The number of benzene rings is 1. The number of nitrogens with one attached hydrogen (secondary N) is 1. The molecule has 0 aromatic heterocycles. The Morgan fingerprint density at radius 1 is 1.20 bits per heavy atom. The lowest BCUT2D eigenvalue weighted by molar-refractivity contribution is -0.123. The van der Waals surface area contributed by atoms with E-state index in [0.717, 1.165) is 31.9 Å². The summed E-state index contributed by atoms with van der Waals surface area (Å²) < 4.78 is 36.2. The second-order valence-electron chi connectivity index (χ2n) is 7.19. The fourth-order valence-corrected chi connectivity index (χ4v) is 5.60. The van der Waals surface area contributed by atoms with Crippen LogP contribution in [0.5, 0.6) is 0 Å². The second-order valence-corrected chi connectivity index (χ2v) is 9.37. The summed E-state index contributed by atoms with van der Waals surface area (Å²) in [4.78, 5) is 16.5. The second kappa shape index (κ2) is 6.92. The SMILES string of the molecule is C[C@@]1(NC(=O)CN2CCN(c3ccc(F)cc3)CC2)CCS(=O)(=O)C1. The largest absolute Gasteiger partial charge is 0.369 e. The van der Waals surface area contributed by atoms with E-state index in [0.29, 0.717) is 6.42 Å². The van der Waals surface area contributed by atoms with Gasteiger partial charge < -0.3 is 10.2 Å². The van der Waals surface area contributed by atoms with Crippen LogP contribution in [0, 0.1) is 5.82 Å². The van der Waals surface area contributed by atoms with Gasteiger partial charge in [-0.25, -0.2) is 12.8 Å². The van der Waals surface area contributed by atoms with Gasteiger partial charge in [-0.15, -0.1) is 0 Å². The Morgan fingerprint density at radius 3 is 2.40 bits per heavy atom. The van der Waals surface area contributed by atoms with Gasteiger partial charge in [-0.05, 0) is 37.6 Å². The average molecular weight is 369 g/mol. The summed E-state index contributed by atoms with van der Waals surface area (Å²) in [5.74, 6) is -0.221. The van der Waals surface area contributed by atoms with E-state index in [4.69, 9.17) is 0 Å². The van der Waals surface area contributed by atoms with E-state index in [-0.39, 0.29) is 29.8 Å². The maximum Gasteiger partial charge on any atom is 0.234 e. The summed E-state index contributed by atoms with van der Waals surface area (Å²) in [6, 6.07) is 6.43. The van der Waals surface area contributed by atoms with Crippen LogP contribution in [0.3, 0.4) is 0 Å². The lowest BCUT2D eigenvalue weighted by Crippen LogP contribution is -2.53. The predicted molar refractivity (Wildman–Crippen MR) is 94.9 cm³/mol. The zero-order valence-electron chi connectivity index (χ0n) is 14.4. The van der Waals surface area contributed by atoms with Crippen LogP contribution in [-0.2, 0) is 14.6 Å². The maximum absolute atomic E-state index is 13.0. The number of hydrogen-bond donors (Lipinski definition) is 1. The van der Waals surface area contributed by atoms with E-state index in [9.17, 15) is 17.6 Å². The first-order valence-electron chi connectivity index (χ1n) is 8.49. The number of nitrogens with zero attached hydrogens (tertiary/aromatic N) is 2. The summed E-state index contributed by atoms with van der Waals surface area (Å²) in [5.41, 5.74) is 0.334. The molecule has 138 valence electrons. The predicted octanol–water partition coefficient (Wildman–Crippen LogP) is 0.641. The summed E-state index contributed by atoms with van der Waals surface area (Å²) >= 11 is 0. The van der Waals surface area contributed by atoms with Crippen molar-refractivity contribution in [1.29, 1.82) is 0 Å². The molecule has 0 aliphatic carbocycles. The minimum atomic E-state index is -3.04. The molecule has 0 bridgehead atoms. The van der Waals surface area contributed by atoms with Crippen LogP contribution < -0.4 is 10.2 Å². The number of piperazine rings is 1. The Kier molecular flexibility index (Phi) is 5.02. The van der Waals surface area contributed by atoms with Crippen molar-refractivity contribution in [3.8, 4) is 0 Å². The van der Waals surface area contributed by atoms with Gasteiger partial charge in [0.1, 0.15) is 5.82 Å². The summed E-state index contributed by atoms with van der Waals surface area (Å²) in [6.45, 7) is 5.07. The number of rotatable bonds is 4. The van der Waals surface area contributed by atoms with Crippen molar-refractivity contribution in [2.45, 2.75) is 18.9 Å². The zero-order chi connectivity index (χ0) is 18.1. The molecule has 0 radical (unpaired) electrons. The molecule has 2 saturated heterocycles. The molecule has 1 aromatic rings. The van der Waals surface area contributed by atoms with E-state index in [1.165, 1.54) is 12.1 Å². The van der Waals surface area contributed by atoms with Gasteiger partial charge in [0.25, 0.3) is 0 Å². The summed E-state index contributed by atoms with van der Waals surface area (Å²) in [5, 5.41) is 2.89. The summed E-state index contributed by atoms with van der Waals surface area (Å²) in [7, 11) is -3.04. The Balaban J connectivity index is 1.47. The lowest BCUT2D eigenvalue weighted by atomic mass is 10.0. The Hall–Kier alpha value is -1.67. The quantitative estimate of drug-likeness (QED) is 0.844. The van der Waals surface area contributed by atoms with Crippen molar-refractivity contribution in [3.63, 3.8) is 0 Å². The topological polar surface area (TPSA) is 69.7 Å². The number of halogens is 1. The van der Waals surface area contributed by atoms with Gasteiger partial charge in [0.2, 0.25) is 5.91 Å². The van der Waals surface area contributed by atoms with Crippen molar-refractivity contribution in [2.75, 3.05) is 49.1 Å². The molecule has 1 N–H and O–H groups in total. The van der Waals surface area contributed by atoms with E-state index in [1.54, 1.807) is 19.1 Å². The maximum atomic E-state index is 13.0. The first kappa shape index (κ1) is 18.1. The van der Waals surface area contributed by atoms with Crippen LogP contribution in [0.4, 0.5) is 10.1 Å². The van der Waals surface area contributed by atoms with Crippen LogP contribution in [0.2, 0.25) is 0 Å². The highest BCUT2D eigenvalue weighted by molar-refractivity contribution is 7.91. The van der Waals surface area contributed by atoms with Gasteiger partial charge in [0, 0.05) is 31.9 Å². The van der Waals surface area contributed by atoms with Crippen LogP contribution in [0.15, 0.2) is 24.3 Å². The molecule has 0 saturated carbocycles. The standard InChI is InChI=1S/C17H24FN3O3S/c1-17(6-11-25(23,24)13-17)19-16(22)12-20-7-9-21(10-8-20)15-4-2-14(18)3-5-15/h2-5H,6-13H2,1H3,(H,19,22)/t17-/m1/s1. The molecule has 1 aromatic carbocycles. The van der Waals surface area contributed by atoms with Crippen LogP contribution in [-0.4, -0.2) is 69.0 Å². The molecule has 0 spiro atoms. The van der Waals surface area contributed by atoms with Gasteiger partial charge >= 0.3 is 0 Å². The third-order valence-electron chi connectivity index (χ3n) is 4.88. The first-order chi connectivity index (χ1) is 11.7. The van der Waals surface area contributed by atoms with Gasteiger partial charge in [0.05, 0.1) is 23.6 Å². The smallest absolute Gasteiger partial charge is 0.234 e. The molecule has 1 atom stereocenters. The molecule has 2 aliphatic rings. The highest BCUT2D eigenvalue weighted by Crippen LogP contribution is 2.23. The Morgan fingerprint density at radius 2 is 1.84 bits per heavy atom. The minimum absolute atomic E-state index is 0.0179. The number of carbonyl (C=O) groups excluding carboxylic acids is 1. The highest BCUT2D eigenvalue weighted by atomic mass is 32.2. The van der Waals surface area contributed by atoms with Gasteiger partial charge in [-0.3, -0.25) is 9.69 Å². The number of anilines is 1. The third-order valence-corrected chi connectivity index (χ3v) is 6.78. The number of hydrogen-bond acceptors (Lipinski definition) is 5. The summed E-state index contributed by atoms with van der Waals surface area (Å²) in [6.07, 6.45) is 0.472. The van der Waals surface area contributed by atoms with Crippen molar-refractivity contribution in [3.05, 3.63) is 30.1 Å². The van der Waals surface area contributed by atoms with Crippen LogP contribution >= 0.6 is 0 Å². The van der Waals surface area contributed by atoms with E-state index < -0.39 is 15.4 Å². The number of carbonyl (C=O) groups is 1. The molecule has 6 nitrogen and oxygen atoms in total. The van der Waals surface area contributed by atoms with Crippen molar-refractivity contribution in [2.24, 2.45) is 0 Å². The molecule has 2 aliphatic heterocycles. The first-order valence-corrected chi connectivity index (χ1v) is 10.3. The molecule has 25 heavy (non-hydrogen) atoms. The average Bonchev–Trinajstić information content (AvgIpc) is 2.82. The van der Waals surface area contributed by atoms with Gasteiger partial charge in [-0.2, -0.15) is 0 Å². The van der Waals surface area contributed by atoms with E-state index >= 15 is 0 Å². The monoisotopic (exact) mass is 369 g/mol. The molecule has 0 unspecified atom stereocenters. The van der Waals surface area contributed by atoms with Crippen molar-refractivity contribution in [1.82, 2.24) is 10.2 Å². The van der Waals surface area contributed by atoms with Crippen molar-refractivity contribution >= 4 is 21.4 Å². The van der Waals surface area contributed by atoms with E-state index in [2.05, 4.69) is 15.1 Å². The lowest BCUT2D eigenvalue weighted by Gasteiger charge is -2.36.